The molecule has 0 atom stereocenters. The third-order valence-corrected chi connectivity index (χ3v) is 8.96. The summed E-state index contributed by atoms with van der Waals surface area (Å²) in [6, 6.07) is 47.0. The first-order chi connectivity index (χ1) is 21.3. The topological polar surface area (TPSA) is 43.6 Å². The first kappa shape index (κ1) is 22.8. The van der Waals surface area contributed by atoms with Crippen molar-refractivity contribution in [2.45, 2.75) is 0 Å². The fourth-order valence-electron chi connectivity index (χ4n) is 7.19. The van der Waals surface area contributed by atoms with Gasteiger partial charge in [0.2, 0.25) is 5.95 Å². The lowest BCUT2D eigenvalue weighted by Crippen LogP contribution is -2.06. The Hall–Kier alpha value is -5.87. The first-order valence-corrected chi connectivity index (χ1v) is 14.6. The molecule has 2 aromatic heterocycles. The van der Waals surface area contributed by atoms with Crippen LogP contribution in [0.15, 0.2) is 133 Å². The molecule has 198 valence electrons. The highest BCUT2D eigenvalue weighted by Gasteiger charge is 2.25. The Morgan fingerprint density at radius 3 is 1.47 bits per heavy atom. The van der Waals surface area contributed by atoms with Crippen molar-refractivity contribution in [3.8, 4) is 28.7 Å². The van der Waals surface area contributed by atoms with Crippen LogP contribution in [-0.2, 0) is 0 Å². The minimum atomic E-state index is 0.618. The summed E-state index contributed by atoms with van der Waals surface area (Å²) in [4.78, 5) is 15.2. The van der Waals surface area contributed by atoms with E-state index in [1.54, 1.807) is 0 Å². The zero-order valence-corrected chi connectivity index (χ0v) is 23.0. The molecule has 0 unspecified atom stereocenters. The van der Waals surface area contributed by atoms with Crippen molar-refractivity contribution in [2.24, 2.45) is 0 Å². The van der Waals surface area contributed by atoms with E-state index in [-0.39, 0.29) is 0 Å². The predicted molar refractivity (Wildman–Crippen MR) is 177 cm³/mol. The Bertz CT molecular complexity index is 2600. The van der Waals surface area contributed by atoms with Crippen molar-refractivity contribution in [3.05, 3.63) is 133 Å². The van der Waals surface area contributed by atoms with E-state index in [1.165, 1.54) is 53.9 Å². The van der Waals surface area contributed by atoms with Crippen molar-refractivity contribution in [3.63, 3.8) is 0 Å². The Kier molecular flexibility index (Phi) is 4.42. The van der Waals surface area contributed by atoms with Gasteiger partial charge in [-0.05, 0) is 49.8 Å². The first-order valence-electron chi connectivity index (χ1n) is 14.6. The molecule has 0 saturated carbocycles. The summed E-state index contributed by atoms with van der Waals surface area (Å²) in [6.45, 7) is 0. The summed E-state index contributed by atoms with van der Waals surface area (Å²) < 4.78 is 2.24. The summed E-state index contributed by atoms with van der Waals surface area (Å²) >= 11 is 0. The molecule has 0 amide bonds. The maximum Gasteiger partial charge on any atom is 0.238 e. The monoisotopic (exact) mass is 546 g/mol. The number of benzene rings is 8. The molecule has 0 spiro atoms. The molecule has 0 radical (unpaired) electrons. The zero-order valence-electron chi connectivity index (χ0n) is 23.0. The molecule has 0 aliphatic heterocycles. The molecule has 0 aliphatic rings. The van der Waals surface area contributed by atoms with E-state index in [0.717, 1.165) is 22.2 Å². The number of nitrogens with zero attached hydrogens (tertiary/aromatic N) is 4. The lowest BCUT2D eigenvalue weighted by molar-refractivity contribution is 0.954. The number of aromatic nitrogens is 4. The fourth-order valence-corrected chi connectivity index (χ4v) is 7.19. The largest absolute Gasteiger partial charge is 0.278 e. The summed E-state index contributed by atoms with van der Waals surface area (Å²) in [7, 11) is 0. The summed E-state index contributed by atoms with van der Waals surface area (Å²) in [5, 5.41) is 12.8. The maximum atomic E-state index is 5.13. The van der Waals surface area contributed by atoms with Crippen molar-refractivity contribution in [1.29, 1.82) is 0 Å². The van der Waals surface area contributed by atoms with Crippen LogP contribution in [0.4, 0.5) is 0 Å². The van der Waals surface area contributed by atoms with Gasteiger partial charge in [0.25, 0.3) is 0 Å². The van der Waals surface area contributed by atoms with Gasteiger partial charge in [-0.25, -0.2) is 4.98 Å². The van der Waals surface area contributed by atoms with Crippen molar-refractivity contribution < 1.29 is 0 Å². The van der Waals surface area contributed by atoms with Gasteiger partial charge < -0.3 is 0 Å². The third kappa shape index (κ3) is 3.02. The average molecular weight is 547 g/mol. The molecule has 0 fully saturated rings. The van der Waals surface area contributed by atoms with Gasteiger partial charge in [-0.3, -0.25) is 4.57 Å². The van der Waals surface area contributed by atoms with Crippen LogP contribution < -0.4 is 0 Å². The predicted octanol–water partition coefficient (Wildman–Crippen LogP) is 9.79. The van der Waals surface area contributed by atoms with Crippen LogP contribution in [0.3, 0.4) is 0 Å². The second-order valence-corrected chi connectivity index (χ2v) is 11.2. The molecule has 0 saturated heterocycles. The molecule has 2 heterocycles. The van der Waals surface area contributed by atoms with E-state index in [4.69, 9.17) is 15.0 Å². The molecule has 8 aromatic carbocycles. The van der Waals surface area contributed by atoms with E-state index in [2.05, 4.69) is 102 Å². The van der Waals surface area contributed by atoms with Gasteiger partial charge in [0, 0.05) is 27.3 Å². The molecule has 4 heteroatoms. The van der Waals surface area contributed by atoms with Crippen molar-refractivity contribution >= 4 is 64.9 Å². The summed E-state index contributed by atoms with van der Waals surface area (Å²) in [6.07, 6.45) is 0. The SMILES string of the molecule is c1ccc(-c2nc(-c3ccccc3)nc(-n3c4cccc5c6cccc7c8ccccc8c8ccc3c(c8c76)c54)n2)cc1. The maximum absolute atomic E-state index is 5.13. The molecule has 0 aliphatic carbocycles. The van der Waals surface area contributed by atoms with Crippen molar-refractivity contribution in [1.82, 2.24) is 19.5 Å². The van der Waals surface area contributed by atoms with Gasteiger partial charge in [-0.2, -0.15) is 9.97 Å². The normalized spacial score (nSPS) is 12.2. The minimum Gasteiger partial charge on any atom is -0.278 e. The van der Waals surface area contributed by atoms with Crippen LogP contribution >= 0.6 is 0 Å². The van der Waals surface area contributed by atoms with E-state index in [0.29, 0.717) is 17.6 Å². The molecular formula is C39H22N4. The molecule has 0 N–H and O–H groups in total. The highest BCUT2D eigenvalue weighted by atomic mass is 15.2. The third-order valence-electron chi connectivity index (χ3n) is 8.96. The zero-order chi connectivity index (χ0) is 28.1. The van der Waals surface area contributed by atoms with Crippen LogP contribution in [0.1, 0.15) is 0 Å². The summed E-state index contributed by atoms with van der Waals surface area (Å²) in [5.74, 6) is 1.93. The van der Waals surface area contributed by atoms with Crippen LogP contribution in [0, 0.1) is 0 Å². The molecule has 0 bridgehead atoms. The number of hydrogen-bond donors (Lipinski definition) is 0. The standard InChI is InChI=1S/C39H22N4/c1-3-11-23(12-4-1)37-40-38(24-13-5-2-6-14-24)42-39(41-37)43-31-20-10-19-29-28-18-9-17-27-25-15-7-8-16-26(25)30-21-22-32(43)36(34(29)31)35(30)33(27)28/h1-22H. The second-order valence-electron chi connectivity index (χ2n) is 11.2. The van der Waals surface area contributed by atoms with E-state index < -0.39 is 0 Å². The highest BCUT2D eigenvalue weighted by molar-refractivity contribution is 6.44. The Labute approximate surface area is 246 Å². The average Bonchev–Trinajstić information content (AvgIpc) is 3.43. The number of fused-ring (bicyclic) bond motifs is 4. The molecule has 10 rings (SSSR count). The number of rotatable bonds is 3. The van der Waals surface area contributed by atoms with Crippen LogP contribution in [0.5, 0.6) is 0 Å². The van der Waals surface area contributed by atoms with Crippen LogP contribution in [0.2, 0.25) is 0 Å². The van der Waals surface area contributed by atoms with Gasteiger partial charge in [-0.15, -0.1) is 0 Å². The molecule has 10 aromatic rings. The van der Waals surface area contributed by atoms with Gasteiger partial charge in [-0.1, -0.05) is 121 Å². The van der Waals surface area contributed by atoms with Gasteiger partial charge >= 0.3 is 0 Å². The smallest absolute Gasteiger partial charge is 0.238 e. The lowest BCUT2D eigenvalue weighted by atomic mass is 9.86. The van der Waals surface area contributed by atoms with Gasteiger partial charge in [0.15, 0.2) is 11.6 Å². The fraction of sp³-hybridized carbons (Fsp3) is 0. The van der Waals surface area contributed by atoms with Crippen LogP contribution in [-0.4, -0.2) is 19.5 Å². The van der Waals surface area contributed by atoms with E-state index in [9.17, 15) is 0 Å². The van der Waals surface area contributed by atoms with E-state index in [1.807, 2.05) is 36.4 Å². The Balaban J connectivity index is 1.40. The number of hydrogen-bond acceptors (Lipinski definition) is 3. The lowest BCUT2D eigenvalue weighted by Gasteiger charge is -2.16. The Morgan fingerprint density at radius 2 is 0.814 bits per heavy atom. The minimum absolute atomic E-state index is 0.618. The quantitative estimate of drug-likeness (QED) is 0.164. The summed E-state index contributed by atoms with van der Waals surface area (Å²) in [5.41, 5.74) is 4.12. The van der Waals surface area contributed by atoms with Gasteiger partial charge in [0.05, 0.1) is 11.0 Å². The molecule has 4 nitrogen and oxygen atoms in total. The highest BCUT2D eigenvalue weighted by Crippen LogP contribution is 2.49. The second kappa shape index (κ2) is 8.34. The van der Waals surface area contributed by atoms with E-state index >= 15 is 0 Å². The van der Waals surface area contributed by atoms with Crippen molar-refractivity contribution in [2.75, 3.05) is 0 Å². The molecular weight excluding hydrogens is 524 g/mol. The Morgan fingerprint density at radius 1 is 0.326 bits per heavy atom. The van der Waals surface area contributed by atoms with Gasteiger partial charge in [0.1, 0.15) is 0 Å². The van der Waals surface area contributed by atoms with Crippen LogP contribution in [0.25, 0.3) is 93.6 Å². The molecule has 43 heavy (non-hydrogen) atoms.